The van der Waals surface area contributed by atoms with Gasteiger partial charge < -0.3 is 15.4 Å². The zero-order valence-electron chi connectivity index (χ0n) is 14.8. The Kier molecular flexibility index (Phi) is 6.13. The highest BCUT2D eigenvalue weighted by molar-refractivity contribution is 6.34. The van der Waals surface area contributed by atoms with Crippen LogP contribution in [0.2, 0.25) is 5.02 Å². The molecule has 0 aliphatic rings. The Bertz CT molecular complexity index is 981. The van der Waals surface area contributed by atoms with Gasteiger partial charge in [-0.15, -0.1) is 0 Å². The monoisotopic (exact) mass is 397 g/mol. The summed E-state index contributed by atoms with van der Waals surface area (Å²) in [6, 6.07) is 10.1. The summed E-state index contributed by atoms with van der Waals surface area (Å²) >= 11 is 6.08. The molecule has 2 heterocycles. The normalized spacial score (nSPS) is 10.2. The van der Waals surface area contributed by atoms with Crippen molar-refractivity contribution in [2.24, 2.45) is 0 Å². The molecule has 142 valence electrons. The maximum absolute atomic E-state index is 12.4. The van der Waals surface area contributed by atoms with Gasteiger partial charge >= 0.3 is 5.97 Å². The topological polar surface area (TPSA) is 106 Å². The molecule has 0 aliphatic heterocycles. The summed E-state index contributed by atoms with van der Waals surface area (Å²) in [5, 5.41) is 5.96. The number of hydrogen-bond acceptors (Lipinski definition) is 7. The molecule has 3 aromatic rings. The van der Waals surface area contributed by atoms with Crippen molar-refractivity contribution in [2.45, 2.75) is 6.54 Å². The Morgan fingerprint density at radius 1 is 1.11 bits per heavy atom. The summed E-state index contributed by atoms with van der Waals surface area (Å²) in [5.74, 6) is -0.532. The van der Waals surface area contributed by atoms with Crippen LogP contribution in [0.5, 0.6) is 0 Å². The molecule has 0 radical (unpaired) electrons. The van der Waals surface area contributed by atoms with Gasteiger partial charge in [-0.2, -0.15) is 0 Å². The molecule has 9 heteroatoms. The Labute approximate surface area is 166 Å². The second-order valence-corrected chi connectivity index (χ2v) is 6.01. The summed E-state index contributed by atoms with van der Waals surface area (Å²) in [6.07, 6.45) is 4.49. The van der Waals surface area contributed by atoms with E-state index in [0.29, 0.717) is 12.4 Å². The molecule has 3 rings (SSSR count). The van der Waals surface area contributed by atoms with Gasteiger partial charge in [0.1, 0.15) is 11.5 Å². The quantitative estimate of drug-likeness (QED) is 0.615. The molecule has 0 unspecified atom stereocenters. The van der Waals surface area contributed by atoms with Crippen LogP contribution in [0.15, 0.2) is 55.0 Å². The molecular weight excluding hydrogens is 382 g/mol. The van der Waals surface area contributed by atoms with Gasteiger partial charge in [0, 0.05) is 6.20 Å². The third kappa shape index (κ3) is 4.80. The highest BCUT2D eigenvalue weighted by Gasteiger charge is 2.13. The van der Waals surface area contributed by atoms with Gasteiger partial charge in [0.15, 0.2) is 0 Å². The average Bonchev–Trinajstić information content (AvgIpc) is 2.74. The number of benzene rings is 1. The van der Waals surface area contributed by atoms with E-state index in [4.69, 9.17) is 11.6 Å². The number of carbonyl (C=O) groups excluding carboxylic acids is 2. The minimum Gasteiger partial charge on any atom is -0.465 e. The number of esters is 1. The number of rotatable bonds is 6. The van der Waals surface area contributed by atoms with E-state index >= 15 is 0 Å². The maximum Gasteiger partial charge on any atom is 0.337 e. The van der Waals surface area contributed by atoms with Crippen molar-refractivity contribution in [3.05, 3.63) is 77.0 Å². The van der Waals surface area contributed by atoms with Crippen LogP contribution in [-0.4, -0.2) is 33.9 Å². The summed E-state index contributed by atoms with van der Waals surface area (Å²) < 4.78 is 4.66. The van der Waals surface area contributed by atoms with Crippen molar-refractivity contribution in [2.75, 3.05) is 17.7 Å². The van der Waals surface area contributed by atoms with Gasteiger partial charge in [0.25, 0.3) is 5.91 Å². The summed E-state index contributed by atoms with van der Waals surface area (Å²) in [7, 11) is 1.27. The number of amides is 1. The molecule has 0 atom stereocenters. The highest BCUT2D eigenvalue weighted by atomic mass is 35.5. The third-order valence-corrected chi connectivity index (χ3v) is 4.03. The largest absolute Gasteiger partial charge is 0.465 e. The van der Waals surface area contributed by atoms with Crippen molar-refractivity contribution in [1.82, 2.24) is 15.0 Å². The average molecular weight is 398 g/mol. The van der Waals surface area contributed by atoms with Crippen LogP contribution in [0.1, 0.15) is 26.5 Å². The zero-order valence-corrected chi connectivity index (χ0v) is 15.6. The molecule has 0 saturated carbocycles. The lowest BCUT2D eigenvalue weighted by Gasteiger charge is -2.09. The van der Waals surface area contributed by atoms with Crippen molar-refractivity contribution in [3.63, 3.8) is 0 Å². The molecule has 8 nitrogen and oxygen atoms in total. The molecule has 1 aromatic carbocycles. The SMILES string of the molecule is COC(=O)c1ccc(Cl)c(NC(=O)c2cnc(NCc3ccccn3)cn2)c1. The Morgan fingerprint density at radius 3 is 2.64 bits per heavy atom. The molecular formula is C19H16ClN5O3. The minimum atomic E-state index is -0.532. The fourth-order valence-corrected chi connectivity index (χ4v) is 2.44. The van der Waals surface area contributed by atoms with Crippen LogP contribution in [0, 0.1) is 0 Å². The molecule has 0 aliphatic carbocycles. The van der Waals surface area contributed by atoms with Crippen LogP contribution in [-0.2, 0) is 11.3 Å². The fourth-order valence-electron chi connectivity index (χ4n) is 2.27. The van der Waals surface area contributed by atoms with E-state index in [-0.39, 0.29) is 22.0 Å². The molecule has 0 bridgehead atoms. The Hall–Kier alpha value is -3.52. The number of nitrogens with zero attached hydrogens (tertiary/aromatic N) is 3. The van der Waals surface area contributed by atoms with E-state index < -0.39 is 11.9 Å². The first-order chi connectivity index (χ1) is 13.6. The van der Waals surface area contributed by atoms with Gasteiger partial charge in [0.05, 0.1) is 48.0 Å². The molecule has 0 saturated heterocycles. The zero-order chi connectivity index (χ0) is 19.9. The number of halogens is 1. The van der Waals surface area contributed by atoms with Crippen molar-refractivity contribution >= 4 is 35.0 Å². The number of anilines is 2. The van der Waals surface area contributed by atoms with E-state index in [1.165, 1.54) is 37.7 Å². The molecule has 2 aromatic heterocycles. The second kappa shape index (κ2) is 8.92. The maximum atomic E-state index is 12.4. The fraction of sp³-hybridized carbons (Fsp3) is 0.105. The molecule has 0 fully saturated rings. The van der Waals surface area contributed by atoms with Crippen LogP contribution in [0.3, 0.4) is 0 Å². The lowest BCUT2D eigenvalue weighted by Crippen LogP contribution is -2.15. The van der Waals surface area contributed by atoms with Crippen molar-refractivity contribution in [1.29, 1.82) is 0 Å². The molecule has 1 amide bonds. The van der Waals surface area contributed by atoms with E-state index in [0.717, 1.165) is 5.69 Å². The van der Waals surface area contributed by atoms with E-state index in [1.54, 1.807) is 6.20 Å². The number of methoxy groups -OCH3 is 1. The molecule has 2 N–H and O–H groups in total. The van der Waals surface area contributed by atoms with Crippen molar-refractivity contribution in [3.8, 4) is 0 Å². The number of pyridine rings is 1. The third-order valence-electron chi connectivity index (χ3n) is 3.70. The Morgan fingerprint density at radius 2 is 1.96 bits per heavy atom. The van der Waals surface area contributed by atoms with Gasteiger partial charge in [-0.25, -0.2) is 14.8 Å². The van der Waals surface area contributed by atoms with E-state index in [9.17, 15) is 9.59 Å². The van der Waals surface area contributed by atoms with Gasteiger partial charge in [-0.1, -0.05) is 17.7 Å². The standard InChI is InChI=1S/C19H16ClN5O3/c1-28-19(27)12-5-6-14(20)15(8-12)25-18(26)16-10-24-17(11-22-16)23-9-13-4-2-3-7-21-13/h2-8,10-11H,9H2,1H3,(H,23,24)(H,25,26). The number of hydrogen-bond donors (Lipinski definition) is 2. The molecule has 0 spiro atoms. The number of nitrogens with one attached hydrogen (secondary N) is 2. The van der Waals surface area contributed by atoms with E-state index in [1.807, 2.05) is 18.2 Å². The lowest BCUT2D eigenvalue weighted by molar-refractivity contribution is 0.0600. The number of carbonyl (C=O) groups is 2. The van der Waals surface area contributed by atoms with E-state index in [2.05, 4.69) is 30.3 Å². The highest BCUT2D eigenvalue weighted by Crippen LogP contribution is 2.24. The van der Waals surface area contributed by atoms with Crippen LogP contribution in [0.25, 0.3) is 0 Å². The number of ether oxygens (including phenoxy) is 1. The summed E-state index contributed by atoms with van der Waals surface area (Å²) in [6.45, 7) is 0.483. The molecule has 28 heavy (non-hydrogen) atoms. The summed E-state index contributed by atoms with van der Waals surface area (Å²) in [5.41, 5.74) is 1.49. The van der Waals surface area contributed by atoms with Gasteiger partial charge in [0.2, 0.25) is 0 Å². The van der Waals surface area contributed by atoms with Crippen LogP contribution >= 0.6 is 11.6 Å². The first kappa shape index (κ1) is 19.2. The predicted molar refractivity (Wildman–Crippen MR) is 104 cm³/mol. The van der Waals surface area contributed by atoms with Gasteiger partial charge in [-0.3, -0.25) is 9.78 Å². The van der Waals surface area contributed by atoms with Crippen LogP contribution < -0.4 is 10.6 Å². The van der Waals surface area contributed by atoms with Crippen LogP contribution in [0.4, 0.5) is 11.5 Å². The van der Waals surface area contributed by atoms with Crippen molar-refractivity contribution < 1.29 is 14.3 Å². The Balaban J connectivity index is 1.65. The predicted octanol–water partition coefficient (Wildman–Crippen LogP) is 3.18. The first-order valence-electron chi connectivity index (χ1n) is 8.22. The first-order valence-corrected chi connectivity index (χ1v) is 8.59. The lowest BCUT2D eigenvalue weighted by atomic mass is 10.2. The van der Waals surface area contributed by atoms with Gasteiger partial charge in [-0.05, 0) is 30.3 Å². The summed E-state index contributed by atoms with van der Waals surface area (Å²) in [4.78, 5) is 36.5. The smallest absolute Gasteiger partial charge is 0.337 e. The minimum absolute atomic E-state index is 0.0999. The second-order valence-electron chi connectivity index (χ2n) is 5.60. The number of aromatic nitrogens is 3.